The number of nitrogens with one attached hydrogen (secondary N) is 2. The lowest BCUT2D eigenvalue weighted by molar-refractivity contribution is -0.152. The second kappa shape index (κ2) is 8.41. The van der Waals surface area contributed by atoms with Crippen molar-refractivity contribution < 1.29 is 19.1 Å². The number of carbonyl (C=O) groups excluding carboxylic acids is 3. The third-order valence-electron chi connectivity index (χ3n) is 5.53. The van der Waals surface area contributed by atoms with E-state index in [1.165, 1.54) is 7.11 Å². The van der Waals surface area contributed by atoms with Crippen molar-refractivity contribution in [1.82, 2.24) is 10.2 Å². The molecule has 2 aliphatic rings. The molecule has 1 aromatic carbocycles. The standard InChI is InChI=1S/C20H27N3O4/c1-13-6-5-8-15(10-13)22-20(26)21-12-18(24)23-16-9-4-3-7-14(16)11-17(23)19(25)27-2/h5-6,8,10,14,16-17H,3-4,7,9,11-12H2,1-2H3,(H2,21,22,26)/t14-,16+,17-/m0/s1. The number of ether oxygens (including phenoxy) is 1. The predicted octanol–water partition coefficient (Wildman–Crippen LogP) is 2.45. The molecule has 146 valence electrons. The molecular formula is C20H27N3O4. The fourth-order valence-corrected chi connectivity index (χ4v) is 4.31. The van der Waals surface area contributed by atoms with E-state index in [1.807, 2.05) is 25.1 Å². The lowest BCUT2D eigenvalue weighted by Crippen LogP contribution is -2.50. The summed E-state index contributed by atoms with van der Waals surface area (Å²) in [6.45, 7) is 1.79. The molecule has 2 N–H and O–H groups in total. The Labute approximate surface area is 159 Å². The van der Waals surface area contributed by atoms with Gasteiger partial charge >= 0.3 is 12.0 Å². The summed E-state index contributed by atoms with van der Waals surface area (Å²) in [4.78, 5) is 38.8. The van der Waals surface area contributed by atoms with Crippen LogP contribution in [0.4, 0.5) is 10.5 Å². The molecule has 1 aliphatic heterocycles. The van der Waals surface area contributed by atoms with Crippen molar-refractivity contribution in [3.05, 3.63) is 29.8 Å². The van der Waals surface area contributed by atoms with E-state index in [9.17, 15) is 14.4 Å². The molecule has 0 bridgehead atoms. The van der Waals surface area contributed by atoms with Gasteiger partial charge < -0.3 is 20.3 Å². The Morgan fingerprint density at radius 2 is 2.00 bits per heavy atom. The molecule has 1 saturated heterocycles. The molecule has 7 heteroatoms. The van der Waals surface area contributed by atoms with E-state index in [1.54, 1.807) is 11.0 Å². The van der Waals surface area contributed by atoms with Crippen molar-refractivity contribution in [2.24, 2.45) is 5.92 Å². The zero-order chi connectivity index (χ0) is 19.4. The van der Waals surface area contributed by atoms with E-state index >= 15 is 0 Å². The third kappa shape index (κ3) is 4.40. The highest BCUT2D eigenvalue weighted by Gasteiger charge is 2.47. The molecule has 0 spiro atoms. The fourth-order valence-electron chi connectivity index (χ4n) is 4.31. The van der Waals surface area contributed by atoms with Gasteiger partial charge in [-0.1, -0.05) is 25.0 Å². The molecule has 2 fully saturated rings. The van der Waals surface area contributed by atoms with Crippen molar-refractivity contribution in [2.45, 2.75) is 51.1 Å². The van der Waals surface area contributed by atoms with E-state index in [2.05, 4.69) is 10.6 Å². The number of aryl methyl sites for hydroxylation is 1. The minimum atomic E-state index is -0.544. The Kier molecular flexibility index (Phi) is 5.98. The van der Waals surface area contributed by atoms with Crippen LogP contribution in [-0.4, -0.2) is 48.5 Å². The molecule has 0 unspecified atom stereocenters. The van der Waals surface area contributed by atoms with Crippen molar-refractivity contribution >= 4 is 23.6 Å². The number of anilines is 1. The highest BCUT2D eigenvalue weighted by atomic mass is 16.5. The summed E-state index contributed by atoms with van der Waals surface area (Å²) in [7, 11) is 1.35. The van der Waals surface area contributed by atoms with Crippen LogP contribution in [0.5, 0.6) is 0 Å². The molecule has 7 nitrogen and oxygen atoms in total. The van der Waals surface area contributed by atoms with Gasteiger partial charge in [-0.05, 0) is 49.8 Å². The SMILES string of the molecule is COC(=O)[C@@H]1C[C@@H]2CCCC[C@H]2N1C(=O)CNC(=O)Nc1cccc(C)c1. The van der Waals surface area contributed by atoms with Crippen LogP contribution >= 0.6 is 0 Å². The summed E-state index contributed by atoms with van der Waals surface area (Å²) in [6, 6.07) is 6.51. The number of rotatable bonds is 4. The van der Waals surface area contributed by atoms with E-state index < -0.39 is 12.1 Å². The summed E-state index contributed by atoms with van der Waals surface area (Å²) >= 11 is 0. The summed E-state index contributed by atoms with van der Waals surface area (Å²) in [5, 5.41) is 5.32. The van der Waals surface area contributed by atoms with Crippen LogP contribution in [0.25, 0.3) is 0 Å². The highest BCUT2D eigenvalue weighted by Crippen LogP contribution is 2.40. The molecule has 0 aromatic heterocycles. The maximum absolute atomic E-state index is 12.8. The molecule has 1 aromatic rings. The molecule has 27 heavy (non-hydrogen) atoms. The van der Waals surface area contributed by atoms with Gasteiger partial charge in [0.25, 0.3) is 0 Å². The first-order valence-electron chi connectivity index (χ1n) is 9.50. The zero-order valence-corrected chi connectivity index (χ0v) is 15.9. The van der Waals surface area contributed by atoms with E-state index in [0.717, 1.165) is 31.2 Å². The molecule has 1 heterocycles. The largest absolute Gasteiger partial charge is 0.467 e. The number of methoxy groups -OCH3 is 1. The molecule has 1 aliphatic carbocycles. The van der Waals surface area contributed by atoms with Gasteiger partial charge in [0.1, 0.15) is 6.04 Å². The van der Waals surface area contributed by atoms with Gasteiger partial charge in [-0.3, -0.25) is 4.79 Å². The lowest BCUT2D eigenvalue weighted by atomic mass is 9.85. The Morgan fingerprint density at radius 3 is 2.74 bits per heavy atom. The average Bonchev–Trinajstić information content (AvgIpc) is 3.05. The smallest absolute Gasteiger partial charge is 0.328 e. The highest BCUT2D eigenvalue weighted by molar-refractivity contribution is 5.93. The lowest BCUT2D eigenvalue weighted by Gasteiger charge is -2.33. The van der Waals surface area contributed by atoms with Crippen molar-refractivity contribution in [3.8, 4) is 0 Å². The van der Waals surface area contributed by atoms with Gasteiger partial charge in [0, 0.05) is 11.7 Å². The molecule has 1 saturated carbocycles. The Hall–Kier alpha value is -2.57. The summed E-state index contributed by atoms with van der Waals surface area (Å²) in [5.41, 5.74) is 1.70. The van der Waals surface area contributed by atoms with Crippen LogP contribution in [0.2, 0.25) is 0 Å². The number of nitrogens with zero attached hydrogens (tertiary/aromatic N) is 1. The number of likely N-dealkylation sites (tertiary alicyclic amines) is 1. The third-order valence-corrected chi connectivity index (χ3v) is 5.53. The van der Waals surface area contributed by atoms with Gasteiger partial charge in [0.2, 0.25) is 5.91 Å². The van der Waals surface area contributed by atoms with Crippen LogP contribution < -0.4 is 10.6 Å². The fraction of sp³-hybridized carbons (Fsp3) is 0.550. The van der Waals surface area contributed by atoms with Crippen molar-refractivity contribution in [1.29, 1.82) is 0 Å². The molecule has 3 atom stereocenters. The van der Waals surface area contributed by atoms with E-state index in [0.29, 0.717) is 18.0 Å². The van der Waals surface area contributed by atoms with Crippen LogP contribution in [0, 0.1) is 12.8 Å². The minimum Gasteiger partial charge on any atom is -0.467 e. The van der Waals surface area contributed by atoms with Gasteiger partial charge in [-0.15, -0.1) is 0 Å². The topological polar surface area (TPSA) is 87.7 Å². The quantitative estimate of drug-likeness (QED) is 0.794. The van der Waals surface area contributed by atoms with Crippen LogP contribution in [-0.2, 0) is 14.3 Å². The number of hydrogen-bond acceptors (Lipinski definition) is 4. The Balaban J connectivity index is 1.61. The van der Waals surface area contributed by atoms with E-state index in [4.69, 9.17) is 4.74 Å². The number of hydrogen-bond donors (Lipinski definition) is 2. The summed E-state index contributed by atoms with van der Waals surface area (Å²) in [6.07, 6.45) is 4.77. The van der Waals surface area contributed by atoms with E-state index in [-0.39, 0.29) is 24.5 Å². The Morgan fingerprint density at radius 1 is 1.22 bits per heavy atom. The number of urea groups is 1. The number of esters is 1. The van der Waals surface area contributed by atoms with Crippen molar-refractivity contribution in [2.75, 3.05) is 19.0 Å². The summed E-state index contributed by atoms with van der Waals surface area (Å²) < 4.78 is 4.90. The van der Waals surface area contributed by atoms with Gasteiger partial charge in [-0.25, -0.2) is 9.59 Å². The van der Waals surface area contributed by atoms with Gasteiger partial charge in [0.15, 0.2) is 0 Å². The van der Waals surface area contributed by atoms with Crippen molar-refractivity contribution in [3.63, 3.8) is 0 Å². The number of carbonyl (C=O) groups is 3. The second-order valence-electron chi connectivity index (χ2n) is 7.36. The van der Waals surface area contributed by atoms with Gasteiger partial charge in [0.05, 0.1) is 13.7 Å². The molecule has 3 rings (SSSR count). The first-order valence-corrected chi connectivity index (χ1v) is 9.50. The Bertz CT molecular complexity index is 721. The van der Waals surface area contributed by atoms with Crippen LogP contribution in [0.15, 0.2) is 24.3 Å². The second-order valence-corrected chi connectivity index (χ2v) is 7.36. The number of fused-ring (bicyclic) bond motifs is 1. The normalized spacial score (nSPS) is 24.1. The zero-order valence-electron chi connectivity index (χ0n) is 15.9. The van der Waals surface area contributed by atoms with Crippen LogP contribution in [0.3, 0.4) is 0 Å². The first kappa shape index (κ1) is 19.2. The first-order chi connectivity index (χ1) is 13.0. The molecular weight excluding hydrogens is 346 g/mol. The average molecular weight is 373 g/mol. The maximum atomic E-state index is 12.8. The monoisotopic (exact) mass is 373 g/mol. The number of benzene rings is 1. The summed E-state index contributed by atoms with van der Waals surface area (Å²) in [5.74, 6) is -0.269. The molecule has 0 radical (unpaired) electrons. The minimum absolute atomic E-state index is 0.0667. The predicted molar refractivity (Wildman–Crippen MR) is 101 cm³/mol. The number of amides is 3. The van der Waals surface area contributed by atoms with Crippen LogP contribution in [0.1, 0.15) is 37.7 Å². The molecule has 3 amide bonds. The maximum Gasteiger partial charge on any atom is 0.328 e. The van der Waals surface area contributed by atoms with Gasteiger partial charge in [-0.2, -0.15) is 0 Å².